The summed E-state index contributed by atoms with van der Waals surface area (Å²) in [5, 5.41) is 4.16. The Morgan fingerprint density at radius 3 is 2.30 bits per heavy atom. The predicted molar refractivity (Wildman–Crippen MR) is 82.8 cm³/mol. The van der Waals surface area contributed by atoms with Crippen molar-refractivity contribution in [1.29, 1.82) is 0 Å². The molecule has 0 aromatic heterocycles. The summed E-state index contributed by atoms with van der Waals surface area (Å²) < 4.78 is 5.23. The van der Waals surface area contributed by atoms with Crippen LogP contribution in [-0.2, 0) is 9.53 Å². The molecule has 0 aromatic carbocycles. The van der Waals surface area contributed by atoms with Crippen molar-refractivity contribution in [2.45, 2.75) is 44.6 Å². The number of methoxy groups -OCH3 is 1. The maximum atomic E-state index is 12.7. The zero-order valence-corrected chi connectivity index (χ0v) is 13.9. The van der Waals surface area contributed by atoms with Gasteiger partial charge < -0.3 is 10.1 Å². The first-order valence-electron chi connectivity index (χ1n) is 8.06. The molecule has 0 aromatic rings. The second-order valence-corrected chi connectivity index (χ2v) is 7.89. The van der Waals surface area contributed by atoms with E-state index in [4.69, 9.17) is 4.74 Å². The van der Waals surface area contributed by atoms with Crippen LogP contribution in [0.15, 0.2) is 0 Å². The fourth-order valence-corrected chi connectivity index (χ4v) is 5.73. The van der Waals surface area contributed by atoms with Crippen LogP contribution < -0.4 is 5.32 Å². The Kier molecular flexibility index (Phi) is 4.71. The van der Waals surface area contributed by atoms with E-state index in [0.29, 0.717) is 24.3 Å². The van der Waals surface area contributed by atoms with Gasteiger partial charge in [-0.3, -0.25) is 4.79 Å². The normalized spacial score (nSPS) is 39.8. The third-order valence-electron chi connectivity index (χ3n) is 5.70. The number of nitrogens with one attached hydrogen (secondary N) is 1. The lowest BCUT2D eigenvalue weighted by atomic mass is 9.51. The molecule has 4 saturated carbocycles. The van der Waals surface area contributed by atoms with Crippen LogP contribution in [0.3, 0.4) is 0 Å². The van der Waals surface area contributed by atoms with Crippen LogP contribution in [0.4, 0.5) is 0 Å². The largest absolute Gasteiger partial charge is 0.383 e. The minimum absolute atomic E-state index is 0.157. The van der Waals surface area contributed by atoms with E-state index in [1.165, 1.54) is 32.1 Å². The Morgan fingerprint density at radius 1 is 1.20 bits per heavy atom. The van der Waals surface area contributed by atoms with Gasteiger partial charge in [-0.25, -0.2) is 0 Å². The molecule has 0 aliphatic heterocycles. The lowest BCUT2D eigenvalue weighted by Gasteiger charge is -2.53. The molecule has 1 amide bonds. The lowest BCUT2D eigenvalue weighted by Crippen LogP contribution is -2.53. The summed E-state index contributed by atoms with van der Waals surface area (Å²) in [7, 11) is 1.70. The molecule has 4 heteroatoms. The highest BCUT2D eigenvalue weighted by molar-refractivity contribution is 9.09. The summed E-state index contributed by atoms with van der Waals surface area (Å²) in [6.07, 6.45) is 7.60. The van der Waals surface area contributed by atoms with Crippen LogP contribution in [0.1, 0.15) is 38.5 Å². The smallest absolute Gasteiger partial charge is 0.223 e. The molecule has 4 rings (SSSR count). The van der Waals surface area contributed by atoms with Crippen molar-refractivity contribution in [3.05, 3.63) is 0 Å². The molecule has 0 heterocycles. The highest BCUT2D eigenvalue weighted by Crippen LogP contribution is 2.56. The third-order valence-corrected chi connectivity index (χ3v) is 6.16. The molecule has 4 bridgehead atoms. The van der Waals surface area contributed by atoms with E-state index in [-0.39, 0.29) is 12.0 Å². The maximum Gasteiger partial charge on any atom is 0.223 e. The van der Waals surface area contributed by atoms with Gasteiger partial charge in [0.1, 0.15) is 0 Å². The van der Waals surface area contributed by atoms with E-state index < -0.39 is 0 Å². The zero-order chi connectivity index (χ0) is 14.1. The average Bonchev–Trinajstić information content (AvgIpc) is 2.37. The second-order valence-electron chi connectivity index (χ2n) is 7.10. The Morgan fingerprint density at radius 2 is 1.80 bits per heavy atom. The van der Waals surface area contributed by atoms with E-state index in [1.807, 2.05) is 0 Å². The minimum atomic E-state index is 0.157. The molecular weight excluding hydrogens is 318 g/mol. The number of hydrogen-bond donors (Lipinski definition) is 1. The van der Waals surface area contributed by atoms with Crippen molar-refractivity contribution >= 4 is 21.8 Å². The fourth-order valence-electron chi connectivity index (χ4n) is 5.18. The van der Waals surface area contributed by atoms with Crippen molar-refractivity contribution in [2.24, 2.45) is 29.6 Å². The van der Waals surface area contributed by atoms with Crippen LogP contribution in [0.5, 0.6) is 0 Å². The van der Waals surface area contributed by atoms with Gasteiger partial charge in [-0.1, -0.05) is 15.9 Å². The number of rotatable bonds is 6. The summed E-state index contributed by atoms with van der Waals surface area (Å²) in [5.74, 6) is 3.79. The molecule has 1 N–H and O–H groups in total. The van der Waals surface area contributed by atoms with E-state index >= 15 is 0 Å². The molecule has 0 saturated heterocycles. The highest BCUT2D eigenvalue weighted by atomic mass is 79.9. The van der Waals surface area contributed by atoms with E-state index in [2.05, 4.69) is 21.2 Å². The van der Waals surface area contributed by atoms with Crippen molar-refractivity contribution in [1.82, 2.24) is 5.32 Å². The van der Waals surface area contributed by atoms with E-state index in [9.17, 15) is 4.79 Å². The number of ether oxygens (including phenoxy) is 1. The van der Waals surface area contributed by atoms with Gasteiger partial charge in [0.05, 0.1) is 12.6 Å². The topological polar surface area (TPSA) is 38.3 Å². The molecule has 4 aliphatic carbocycles. The van der Waals surface area contributed by atoms with Crippen molar-refractivity contribution < 1.29 is 9.53 Å². The Balaban J connectivity index is 1.62. The van der Waals surface area contributed by atoms with Crippen LogP contribution in [0.25, 0.3) is 0 Å². The molecule has 1 atom stereocenters. The molecule has 1 unspecified atom stereocenters. The first kappa shape index (κ1) is 14.8. The Hall–Kier alpha value is -0.0900. The fraction of sp³-hybridized carbons (Fsp3) is 0.938. The van der Waals surface area contributed by atoms with Crippen LogP contribution >= 0.6 is 15.9 Å². The maximum absolute atomic E-state index is 12.7. The van der Waals surface area contributed by atoms with Crippen molar-refractivity contribution in [2.75, 3.05) is 19.0 Å². The van der Waals surface area contributed by atoms with Gasteiger partial charge in [0.2, 0.25) is 5.91 Å². The quantitative estimate of drug-likeness (QED) is 0.753. The predicted octanol–water partition coefficient (Wildman–Crippen LogP) is 2.97. The number of halogens is 1. The van der Waals surface area contributed by atoms with Crippen LogP contribution in [-0.4, -0.2) is 31.0 Å². The van der Waals surface area contributed by atoms with E-state index in [1.54, 1.807) is 7.11 Å². The minimum Gasteiger partial charge on any atom is -0.383 e. The SMILES string of the molecule is COCC(CCBr)NC(=O)C1C2CC3CC(C2)CC1C3. The summed E-state index contributed by atoms with van der Waals surface area (Å²) in [5.41, 5.74) is 0. The van der Waals surface area contributed by atoms with Crippen molar-refractivity contribution in [3.63, 3.8) is 0 Å². The molecule has 3 nitrogen and oxygen atoms in total. The molecule has 20 heavy (non-hydrogen) atoms. The Labute approximate surface area is 130 Å². The number of alkyl halides is 1. The number of carbonyl (C=O) groups excluding carboxylic acids is 1. The molecule has 4 aliphatic rings. The summed E-state index contributed by atoms with van der Waals surface area (Å²) in [6, 6.07) is 0.157. The standard InChI is InChI=1S/C16H26BrNO2/c1-20-9-14(2-3-17)18-16(19)15-12-5-10-4-11(7-12)8-13(15)6-10/h10-15H,2-9H2,1H3,(H,18,19). The monoisotopic (exact) mass is 343 g/mol. The van der Waals surface area contributed by atoms with E-state index in [0.717, 1.165) is 23.6 Å². The van der Waals surface area contributed by atoms with Gasteiger partial charge in [-0.15, -0.1) is 0 Å². The van der Waals surface area contributed by atoms with Gasteiger partial charge in [0.15, 0.2) is 0 Å². The number of amides is 1. The summed E-state index contributed by atoms with van der Waals surface area (Å²) in [4.78, 5) is 12.7. The first-order chi connectivity index (χ1) is 9.71. The first-order valence-corrected chi connectivity index (χ1v) is 9.18. The third kappa shape index (κ3) is 2.92. The lowest BCUT2D eigenvalue weighted by molar-refractivity contribution is -0.139. The van der Waals surface area contributed by atoms with Gasteiger partial charge in [0.25, 0.3) is 0 Å². The number of hydrogen-bond acceptors (Lipinski definition) is 2. The molecule has 0 spiro atoms. The second kappa shape index (κ2) is 6.35. The van der Waals surface area contributed by atoms with Gasteiger partial charge in [-0.05, 0) is 62.2 Å². The van der Waals surface area contributed by atoms with Gasteiger partial charge in [-0.2, -0.15) is 0 Å². The van der Waals surface area contributed by atoms with Gasteiger partial charge >= 0.3 is 0 Å². The molecule has 4 fully saturated rings. The number of carbonyl (C=O) groups is 1. The molecule has 114 valence electrons. The average molecular weight is 344 g/mol. The zero-order valence-electron chi connectivity index (χ0n) is 12.3. The summed E-state index contributed by atoms with van der Waals surface area (Å²) in [6.45, 7) is 0.616. The van der Waals surface area contributed by atoms with Crippen LogP contribution in [0, 0.1) is 29.6 Å². The Bertz CT molecular complexity index is 326. The van der Waals surface area contributed by atoms with Crippen molar-refractivity contribution in [3.8, 4) is 0 Å². The molecule has 0 radical (unpaired) electrons. The highest BCUT2D eigenvalue weighted by Gasteiger charge is 2.50. The van der Waals surface area contributed by atoms with Crippen LogP contribution in [0.2, 0.25) is 0 Å². The molecular formula is C16H26BrNO2. The summed E-state index contributed by atoms with van der Waals surface area (Å²) >= 11 is 3.46. The van der Waals surface area contributed by atoms with Gasteiger partial charge in [0, 0.05) is 18.4 Å².